The maximum absolute atomic E-state index is 13.5. The second kappa shape index (κ2) is 9.88. The molecule has 0 amide bonds. The molecule has 1 saturated heterocycles. The van der Waals surface area contributed by atoms with Gasteiger partial charge in [0.2, 0.25) is 0 Å². The number of nitriles is 1. The average molecular weight is 506 g/mol. The third-order valence-electron chi connectivity index (χ3n) is 6.73. The fourth-order valence-electron chi connectivity index (χ4n) is 4.71. The van der Waals surface area contributed by atoms with Crippen LogP contribution in [0.15, 0.2) is 73.2 Å². The van der Waals surface area contributed by atoms with Gasteiger partial charge in [0, 0.05) is 56.4 Å². The van der Waals surface area contributed by atoms with Gasteiger partial charge in [-0.15, -0.1) is 0 Å². The van der Waals surface area contributed by atoms with Gasteiger partial charge >= 0.3 is 0 Å². The van der Waals surface area contributed by atoms with Crippen LogP contribution >= 0.6 is 0 Å². The summed E-state index contributed by atoms with van der Waals surface area (Å²) >= 11 is 0. The Balaban J connectivity index is 1.41. The van der Waals surface area contributed by atoms with Crippen LogP contribution in [-0.4, -0.2) is 60.5 Å². The van der Waals surface area contributed by atoms with Gasteiger partial charge in [0.25, 0.3) is 0 Å². The van der Waals surface area contributed by atoms with Crippen LogP contribution in [0.1, 0.15) is 5.56 Å². The van der Waals surface area contributed by atoms with Crippen molar-refractivity contribution >= 4 is 17.0 Å². The molecule has 0 bridgehead atoms. The van der Waals surface area contributed by atoms with Gasteiger partial charge in [-0.25, -0.2) is 19.3 Å². The van der Waals surface area contributed by atoms with E-state index in [0.717, 1.165) is 49.5 Å². The van der Waals surface area contributed by atoms with Crippen LogP contribution < -0.4 is 5.73 Å². The number of nitrogens with zero attached hydrogens (tertiary/aromatic N) is 8. The molecule has 9 nitrogen and oxygen atoms in total. The molecule has 6 rings (SSSR count). The molecule has 0 aliphatic carbocycles. The minimum absolute atomic E-state index is 0.373. The van der Waals surface area contributed by atoms with Gasteiger partial charge in [-0.2, -0.15) is 5.26 Å². The van der Waals surface area contributed by atoms with Gasteiger partial charge in [-0.05, 0) is 48.0 Å². The lowest BCUT2D eigenvalue weighted by Gasteiger charge is -2.31. The first kappa shape index (κ1) is 23.5. The van der Waals surface area contributed by atoms with Crippen molar-refractivity contribution in [1.29, 1.82) is 5.26 Å². The van der Waals surface area contributed by atoms with Gasteiger partial charge in [0.1, 0.15) is 11.6 Å². The summed E-state index contributed by atoms with van der Waals surface area (Å²) in [5.74, 6) is 0.606. The molecular weight excluding hydrogens is 481 g/mol. The van der Waals surface area contributed by atoms with Gasteiger partial charge in [0.15, 0.2) is 17.7 Å². The molecule has 2 N–H and O–H groups in total. The monoisotopic (exact) mass is 505 g/mol. The van der Waals surface area contributed by atoms with Crippen LogP contribution in [-0.2, 0) is 6.54 Å². The van der Waals surface area contributed by atoms with Crippen molar-refractivity contribution < 1.29 is 4.39 Å². The van der Waals surface area contributed by atoms with Crippen molar-refractivity contribution in [1.82, 2.24) is 34.3 Å². The summed E-state index contributed by atoms with van der Waals surface area (Å²) in [6, 6.07) is 17.0. The lowest BCUT2D eigenvalue weighted by atomic mass is 10.1. The molecule has 0 radical (unpaired) electrons. The zero-order chi connectivity index (χ0) is 26.1. The number of pyridine rings is 3. The molecule has 10 heteroatoms. The summed E-state index contributed by atoms with van der Waals surface area (Å²) in [6.45, 7) is 4.04. The fourth-order valence-corrected chi connectivity index (χ4v) is 4.71. The molecule has 1 aromatic carbocycles. The van der Waals surface area contributed by atoms with E-state index in [1.54, 1.807) is 23.4 Å². The number of piperazine rings is 1. The molecule has 188 valence electrons. The molecule has 0 unspecified atom stereocenters. The molecule has 1 fully saturated rings. The highest BCUT2D eigenvalue weighted by Crippen LogP contribution is 2.32. The van der Waals surface area contributed by atoms with E-state index in [1.165, 1.54) is 17.8 Å². The van der Waals surface area contributed by atoms with E-state index < -0.39 is 5.82 Å². The summed E-state index contributed by atoms with van der Waals surface area (Å²) in [4.78, 5) is 22.0. The minimum atomic E-state index is -0.394. The van der Waals surface area contributed by atoms with Crippen molar-refractivity contribution in [3.8, 4) is 34.5 Å². The van der Waals surface area contributed by atoms with Gasteiger partial charge in [-0.3, -0.25) is 14.5 Å². The van der Waals surface area contributed by atoms with Crippen LogP contribution in [0.25, 0.3) is 39.5 Å². The Morgan fingerprint density at radius 3 is 2.47 bits per heavy atom. The smallest absolute Gasteiger partial charge is 0.179 e. The SMILES string of the molecule is N#CN1CCN(Cc2ccc(-n3c(-c4cccnc4N)nc4ncc(-c5ccc(F)cn5)cc43)cc2)CC1. The Morgan fingerprint density at radius 2 is 1.76 bits per heavy atom. The Morgan fingerprint density at radius 1 is 0.947 bits per heavy atom. The van der Waals surface area contributed by atoms with E-state index in [9.17, 15) is 4.39 Å². The summed E-state index contributed by atoms with van der Waals surface area (Å²) < 4.78 is 15.5. The molecule has 1 aliphatic rings. The maximum atomic E-state index is 13.5. The molecule has 0 spiro atoms. The van der Waals surface area contributed by atoms with Crippen molar-refractivity contribution in [3.63, 3.8) is 0 Å². The van der Waals surface area contributed by atoms with Gasteiger partial charge < -0.3 is 10.6 Å². The standard InChI is InChI=1S/C28H24FN9/c29-21-5-8-24(33-16-21)20-14-25-27(34-15-20)35-28(23-2-1-9-32-26(23)31)38(25)22-6-3-19(4-7-22)17-36-10-12-37(18-30)13-11-36/h1-9,14-16H,10-13,17H2,(H2,31,32). The third-order valence-corrected chi connectivity index (χ3v) is 6.73. The Hall–Kier alpha value is -4.88. The zero-order valence-corrected chi connectivity index (χ0v) is 20.5. The molecule has 1 aliphatic heterocycles. The van der Waals surface area contributed by atoms with Crippen LogP contribution in [0.2, 0.25) is 0 Å². The average Bonchev–Trinajstić information content (AvgIpc) is 3.33. The highest BCUT2D eigenvalue weighted by Gasteiger charge is 2.19. The van der Waals surface area contributed by atoms with Crippen molar-refractivity contribution in [2.45, 2.75) is 6.54 Å². The van der Waals surface area contributed by atoms with Crippen LogP contribution in [0, 0.1) is 17.3 Å². The number of fused-ring (bicyclic) bond motifs is 1. The van der Waals surface area contributed by atoms with Crippen molar-refractivity contribution in [2.75, 3.05) is 31.9 Å². The Kier molecular flexibility index (Phi) is 6.11. The lowest BCUT2D eigenvalue weighted by Crippen LogP contribution is -2.43. The first-order valence-corrected chi connectivity index (χ1v) is 12.3. The Labute approximate surface area is 218 Å². The molecule has 4 aromatic heterocycles. The highest BCUT2D eigenvalue weighted by molar-refractivity contribution is 5.85. The highest BCUT2D eigenvalue weighted by atomic mass is 19.1. The molecule has 0 atom stereocenters. The number of anilines is 1. The second-order valence-electron chi connectivity index (χ2n) is 9.17. The second-order valence-corrected chi connectivity index (χ2v) is 9.17. The van der Waals surface area contributed by atoms with Crippen molar-refractivity contribution in [2.24, 2.45) is 0 Å². The number of halogens is 1. The molecule has 5 heterocycles. The minimum Gasteiger partial charge on any atom is -0.383 e. The first-order chi connectivity index (χ1) is 18.6. The van der Waals surface area contributed by atoms with Crippen LogP contribution in [0.3, 0.4) is 0 Å². The van der Waals surface area contributed by atoms with Crippen molar-refractivity contribution in [3.05, 3.63) is 84.6 Å². The number of hydrogen-bond acceptors (Lipinski definition) is 8. The van der Waals surface area contributed by atoms with Gasteiger partial charge in [0.05, 0.1) is 23.0 Å². The largest absolute Gasteiger partial charge is 0.383 e. The number of benzene rings is 1. The third kappa shape index (κ3) is 4.51. The number of aromatic nitrogens is 5. The lowest BCUT2D eigenvalue weighted by molar-refractivity contribution is 0.167. The number of nitrogen functional groups attached to an aromatic ring is 1. The molecular formula is C28H24FN9. The molecule has 38 heavy (non-hydrogen) atoms. The summed E-state index contributed by atoms with van der Waals surface area (Å²) in [5.41, 5.74) is 11.7. The Bertz CT molecular complexity index is 1630. The fraction of sp³-hybridized carbons (Fsp3) is 0.179. The molecule has 5 aromatic rings. The normalized spacial score (nSPS) is 14.1. The number of nitrogens with two attached hydrogens (primary N) is 1. The number of imidazole rings is 1. The van der Waals surface area contributed by atoms with E-state index in [-0.39, 0.29) is 0 Å². The maximum Gasteiger partial charge on any atom is 0.179 e. The van der Waals surface area contributed by atoms with E-state index in [4.69, 9.17) is 16.0 Å². The van der Waals surface area contributed by atoms with E-state index in [2.05, 4.69) is 50.3 Å². The predicted molar refractivity (Wildman–Crippen MR) is 142 cm³/mol. The first-order valence-electron chi connectivity index (χ1n) is 12.3. The summed E-state index contributed by atoms with van der Waals surface area (Å²) in [5, 5.41) is 9.09. The predicted octanol–water partition coefficient (Wildman–Crippen LogP) is 3.86. The summed E-state index contributed by atoms with van der Waals surface area (Å²) in [6.07, 6.45) is 6.75. The van der Waals surface area contributed by atoms with Crippen LogP contribution in [0.4, 0.5) is 10.2 Å². The van der Waals surface area contributed by atoms with E-state index >= 15 is 0 Å². The number of hydrogen-bond donors (Lipinski definition) is 1. The molecule has 0 saturated carbocycles. The zero-order valence-electron chi connectivity index (χ0n) is 20.5. The summed E-state index contributed by atoms with van der Waals surface area (Å²) in [7, 11) is 0. The number of rotatable bonds is 5. The van der Waals surface area contributed by atoms with E-state index in [1.807, 2.05) is 22.8 Å². The quantitative estimate of drug-likeness (QED) is 0.358. The van der Waals surface area contributed by atoms with Gasteiger partial charge in [-0.1, -0.05) is 12.1 Å². The van der Waals surface area contributed by atoms with Crippen LogP contribution in [0.5, 0.6) is 0 Å². The topological polar surface area (TPSA) is 113 Å². The van der Waals surface area contributed by atoms with E-state index in [0.29, 0.717) is 28.5 Å².